The summed E-state index contributed by atoms with van der Waals surface area (Å²) in [6.45, 7) is 7.79. The molecule has 4 bridgehead atoms. The Balaban J connectivity index is 1.15. The van der Waals surface area contributed by atoms with Gasteiger partial charge in [-0.05, 0) is 87.2 Å². The van der Waals surface area contributed by atoms with Crippen molar-refractivity contribution in [2.45, 2.75) is 121 Å². The minimum absolute atomic E-state index is 0.0139. The highest BCUT2D eigenvalue weighted by Crippen LogP contribution is 2.65. The summed E-state index contributed by atoms with van der Waals surface area (Å²) in [4.78, 5) is 11.8. The maximum absolute atomic E-state index is 14.7. The van der Waals surface area contributed by atoms with Crippen LogP contribution in [0.2, 0.25) is 0 Å². The van der Waals surface area contributed by atoms with Gasteiger partial charge in [0.25, 0.3) is 0 Å². The van der Waals surface area contributed by atoms with E-state index in [0.29, 0.717) is 38.5 Å². The largest absolute Gasteiger partial charge is 0.459 e. The number of hydrogen-bond donors (Lipinski definition) is 0. The molecule has 0 aromatic carbocycles. The lowest BCUT2D eigenvalue weighted by Gasteiger charge is -2.59. The predicted molar refractivity (Wildman–Crippen MR) is 155 cm³/mol. The molecule has 264 valence electrons. The van der Waals surface area contributed by atoms with Crippen LogP contribution >= 0.6 is 11.8 Å². The van der Waals surface area contributed by atoms with Crippen molar-refractivity contribution in [2.75, 3.05) is 18.1 Å². The van der Waals surface area contributed by atoms with Crippen molar-refractivity contribution in [1.82, 2.24) is 0 Å². The molecule has 2 spiro atoms. The lowest BCUT2D eigenvalue weighted by molar-refractivity contribution is -0.557. The summed E-state index contributed by atoms with van der Waals surface area (Å²) in [5.41, 5.74) is -2.03. The Hall–Kier alpha value is -1.19. The summed E-state index contributed by atoms with van der Waals surface area (Å²) in [6.07, 6.45) is -7.42. The van der Waals surface area contributed by atoms with Gasteiger partial charge in [-0.2, -0.15) is 38.1 Å². The Labute approximate surface area is 274 Å². The number of hydrogen-bond acceptors (Lipinski definition) is 8. The Morgan fingerprint density at radius 1 is 0.681 bits per heavy atom. The number of alkyl halides is 6. The van der Waals surface area contributed by atoms with Crippen LogP contribution < -0.4 is 0 Å². The van der Waals surface area contributed by atoms with E-state index in [2.05, 4.69) is 13.8 Å². The molecule has 3 unspecified atom stereocenters. The molecule has 10 rings (SSSR count). The highest BCUT2D eigenvalue weighted by atomic mass is 32.2. The molecule has 8 heterocycles. The molecule has 2 saturated carbocycles. The molecule has 0 N–H and O–H groups in total. The van der Waals surface area contributed by atoms with Crippen molar-refractivity contribution >= 4 is 11.8 Å². The van der Waals surface area contributed by atoms with Crippen LogP contribution in [-0.4, -0.2) is 60.2 Å². The topological polar surface area (TPSA) is 64.6 Å². The van der Waals surface area contributed by atoms with E-state index in [1.165, 1.54) is 0 Å². The molecule has 8 aliphatic heterocycles. The van der Waals surface area contributed by atoms with Crippen LogP contribution in [0.4, 0.5) is 26.3 Å². The Bertz CT molecular complexity index is 1270. The number of allylic oxidation sites excluding steroid dienone is 2. The highest BCUT2D eigenvalue weighted by molar-refractivity contribution is 7.99. The van der Waals surface area contributed by atoms with Crippen LogP contribution in [0.1, 0.15) is 79.1 Å². The summed E-state index contributed by atoms with van der Waals surface area (Å²) in [6, 6.07) is 0. The fourth-order valence-corrected chi connectivity index (χ4v) is 11.8. The van der Waals surface area contributed by atoms with Gasteiger partial charge < -0.3 is 23.7 Å². The van der Waals surface area contributed by atoms with Gasteiger partial charge in [-0.1, -0.05) is 13.8 Å². The second-order valence-electron chi connectivity index (χ2n) is 15.5. The maximum atomic E-state index is 14.7. The van der Waals surface area contributed by atoms with E-state index in [-0.39, 0.29) is 52.9 Å². The van der Waals surface area contributed by atoms with Crippen LogP contribution in [0.3, 0.4) is 0 Å². The van der Waals surface area contributed by atoms with Crippen LogP contribution in [-0.2, 0) is 33.5 Å². The fourth-order valence-electron chi connectivity index (χ4n) is 10.6. The monoisotopic (exact) mass is 696 g/mol. The van der Waals surface area contributed by atoms with Crippen LogP contribution in [0, 0.1) is 40.9 Å². The van der Waals surface area contributed by atoms with E-state index in [1.807, 2.05) is 0 Å². The molecule has 8 fully saturated rings. The summed E-state index contributed by atoms with van der Waals surface area (Å²) >= 11 is 1.03. The van der Waals surface area contributed by atoms with Crippen molar-refractivity contribution in [3.63, 3.8) is 0 Å². The van der Waals surface area contributed by atoms with Gasteiger partial charge in [-0.3, -0.25) is 0 Å². The average molecular weight is 697 g/mol. The molecule has 2 aliphatic carbocycles. The quantitative estimate of drug-likeness (QED) is 0.216. The SMILES string of the molecule is C[C@@H]1CC[C@H]2C(CSCC3=C(C(F)(F)F)O[C@@H]4O[C@]5(C)CCC6[C@H](C)CC[C@@H]3[C@]64CO5)=C(C(F)(F)F)OC3O[C@]4(C)CCC1[C@]32OO4. The van der Waals surface area contributed by atoms with Crippen molar-refractivity contribution in [3.05, 3.63) is 22.7 Å². The normalized spacial score (nSPS) is 49.1. The zero-order valence-corrected chi connectivity index (χ0v) is 27.7. The van der Waals surface area contributed by atoms with Crippen LogP contribution in [0.5, 0.6) is 0 Å². The number of ether oxygens (including phenoxy) is 5. The zero-order chi connectivity index (χ0) is 33.4. The lowest BCUT2D eigenvalue weighted by Crippen LogP contribution is -2.67. The third-order valence-electron chi connectivity index (χ3n) is 12.9. The zero-order valence-electron chi connectivity index (χ0n) is 26.9. The van der Waals surface area contributed by atoms with Gasteiger partial charge in [0.05, 0.1) is 12.0 Å². The molecule has 7 nitrogen and oxygen atoms in total. The van der Waals surface area contributed by atoms with Gasteiger partial charge in [0.15, 0.2) is 11.4 Å². The second-order valence-corrected chi connectivity index (χ2v) is 16.5. The molecular formula is C33H42F6O7S. The van der Waals surface area contributed by atoms with Crippen molar-refractivity contribution in [1.29, 1.82) is 0 Å². The minimum atomic E-state index is -4.83. The van der Waals surface area contributed by atoms with Crippen molar-refractivity contribution < 1.29 is 59.8 Å². The first kappa shape index (κ1) is 33.0. The van der Waals surface area contributed by atoms with E-state index in [1.54, 1.807) is 13.8 Å². The van der Waals surface area contributed by atoms with E-state index < -0.39 is 70.9 Å². The third kappa shape index (κ3) is 4.80. The summed E-state index contributed by atoms with van der Waals surface area (Å²) in [7, 11) is 0. The summed E-state index contributed by atoms with van der Waals surface area (Å²) < 4.78 is 118. The Morgan fingerprint density at radius 2 is 1.23 bits per heavy atom. The van der Waals surface area contributed by atoms with Crippen LogP contribution in [0.15, 0.2) is 22.7 Å². The Morgan fingerprint density at radius 3 is 1.91 bits per heavy atom. The van der Waals surface area contributed by atoms with Gasteiger partial charge in [-0.25, -0.2) is 9.78 Å². The molecule has 10 aliphatic rings. The summed E-state index contributed by atoms with van der Waals surface area (Å²) in [5, 5.41) is 0. The molecule has 47 heavy (non-hydrogen) atoms. The molecule has 0 aromatic heterocycles. The molecule has 0 aromatic rings. The predicted octanol–water partition coefficient (Wildman–Crippen LogP) is 8.16. The molecular weight excluding hydrogens is 654 g/mol. The average Bonchev–Trinajstić information content (AvgIpc) is 3.36. The van der Waals surface area contributed by atoms with Gasteiger partial charge in [0.2, 0.25) is 29.9 Å². The lowest BCUT2D eigenvalue weighted by atomic mass is 9.53. The van der Waals surface area contributed by atoms with E-state index in [9.17, 15) is 26.3 Å². The molecule has 14 heteroatoms. The first-order valence-corrected chi connectivity index (χ1v) is 18.0. The standard InChI is InChI=1S/C33H42F6O7S/c1-16-5-7-22-18(24(32(34,35)36)41-26-30(22)15-40-28(3,43-26)11-9-20(16)30)13-47-14-19-23-8-6-17(2)21-10-12-29(4)44-27(31(21,23)46-45-29)42-25(19)33(37,38)39/h16-17,20-23,26-27H,5-15H2,1-4H3/t16-,17-,20?,21?,22+,23+,26-,27?,28-,29+,30+,31-/m1/s1. The molecule has 0 radical (unpaired) electrons. The van der Waals surface area contributed by atoms with Crippen LogP contribution in [0.25, 0.3) is 0 Å². The van der Waals surface area contributed by atoms with E-state index in [0.717, 1.165) is 24.6 Å². The maximum Gasteiger partial charge on any atom is 0.449 e. The fraction of sp³-hybridized carbons (Fsp3) is 0.879. The Kier molecular flexibility index (Phi) is 7.48. The molecule has 12 atom stereocenters. The third-order valence-corrected chi connectivity index (χ3v) is 13.9. The first-order valence-electron chi connectivity index (χ1n) is 16.9. The number of halogens is 6. The number of rotatable bonds is 4. The van der Waals surface area contributed by atoms with Crippen molar-refractivity contribution in [2.24, 2.45) is 40.9 Å². The van der Waals surface area contributed by atoms with E-state index >= 15 is 0 Å². The van der Waals surface area contributed by atoms with Gasteiger partial charge >= 0.3 is 12.4 Å². The molecule has 6 saturated heterocycles. The van der Waals surface area contributed by atoms with E-state index in [4.69, 9.17) is 33.5 Å². The van der Waals surface area contributed by atoms with Gasteiger partial charge in [0, 0.05) is 36.2 Å². The number of thioether (sulfide) groups is 1. The number of fused-ring (bicyclic) bond motifs is 4. The van der Waals surface area contributed by atoms with Gasteiger partial charge in [0.1, 0.15) is 0 Å². The second kappa shape index (κ2) is 10.7. The van der Waals surface area contributed by atoms with Gasteiger partial charge in [-0.15, -0.1) is 0 Å². The smallest absolute Gasteiger partial charge is 0.449 e. The highest BCUT2D eigenvalue weighted by Gasteiger charge is 2.71. The molecule has 0 amide bonds. The summed E-state index contributed by atoms with van der Waals surface area (Å²) in [5.74, 6) is -5.91. The first-order chi connectivity index (χ1) is 22.0. The minimum Gasteiger partial charge on any atom is -0.459 e. The van der Waals surface area contributed by atoms with Crippen molar-refractivity contribution in [3.8, 4) is 0 Å².